The number of hydrogen-bond acceptors (Lipinski definition) is 3. The summed E-state index contributed by atoms with van der Waals surface area (Å²) >= 11 is 0. The Kier molecular flexibility index (Phi) is 4.57. The smallest absolute Gasteiger partial charge is 0.133 e. The van der Waals surface area contributed by atoms with Crippen LogP contribution in [0.1, 0.15) is 50.2 Å². The summed E-state index contributed by atoms with van der Waals surface area (Å²) in [4.78, 5) is 11.7. The molecule has 0 heterocycles. The van der Waals surface area contributed by atoms with Crippen molar-refractivity contribution < 1.29 is 9.53 Å². The van der Waals surface area contributed by atoms with Crippen molar-refractivity contribution in [2.45, 2.75) is 51.4 Å². The molecule has 0 aliphatic heterocycles. The zero-order valence-electron chi connectivity index (χ0n) is 14.4. The summed E-state index contributed by atoms with van der Waals surface area (Å²) in [5.74, 6) is 1.10. The van der Waals surface area contributed by atoms with Gasteiger partial charge in [-0.1, -0.05) is 37.3 Å². The Balaban J connectivity index is 2.23. The third-order valence-electron chi connectivity index (χ3n) is 5.00. The predicted octanol–water partition coefficient (Wildman–Crippen LogP) is 4.84. The van der Waals surface area contributed by atoms with Crippen molar-refractivity contribution in [3.8, 4) is 11.8 Å². The first-order valence-corrected chi connectivity index (χ1v) is 8.70. The van der Waals surface area contributed by atoms with Gasteiger partial charge >= 0.3 is 0 Å². The van der Waals surface area contributed by atoms with Crippen LogP contribution in [0, 0.1) is 18.3 Å². The number of fused-ring (bicyclic) bond motifs is 1. The molecule has 1 aliphatic carbocycles. The maximum Gasteiger partial charge on any atom is 0.133 e. The number of hydrogen-bond donors (Lipinski definition) is 0. The SMILES string of the molecule is CCCOc1c(C2(C#N)CCC(=O)CC2)c(C)cc2ccccc12. The Hall–Kier alpha value is -2.34. The van der Waals surface area contributed by atoms with E-state index in [0.29, 0.717) is 32.3 Å². The second-order valence-corrected chi connectivity index (χ2v) is 6.70. The Morgan fingerprint density at radius 2 is 1.96 bits per heavy atom. The molecule has 1 aliphatic rings. The summed E-state index contributed by atoms with van der Waals surface area (Å²) in [5, 5.41) is 12.2. The molecule has 0 bridgehead atoms. The monoisotopic (exact) mass is 321 g/mol. The van der Waals surface area contributed by atoms with Crippen molar-refractivity contribution in [1.82, 2.24) is 0 Å². The van der Waals surface area contributed by atoms with E-state index in [0.717, 1.165) is 34.1 Å². The van der Waals surface area contributed by atoms with Crippen molar-refractivity contribution in [2.75, 3.05) is 6.61 Å². The van der Waals surface area contributed by atoms with E-state index in [2.05, 4.69) is 38.1 Å². The number of Topliss-reactive ketones (excluding diaryl/α,β-unsaturated/α-hetero) is 1. The minimum Gasteiger partial charge on any atom is -0.493 e. The number of ketones is 1. The Morgan fingerprint density at radius 3 is 2.62 bits per heavy atom. The molecule has 124 valence electrons. The fraction of sp³-hybridized carbons (Fsp3) is 0.429. The Labute approximate surface area is 143 Å². The van der Waals surface area contributed by atoms with E-state index >= 15 is 0 Å². The van der Waals surface area contributed by atoms with Gasteiger partial charge in [-0.25, -0.2) is 0 Å². The van der Waals surface area contributed by atoms with Gasteiger partial charge < -0.3 is 4.74 Å². The molecule has 0 spiro atoms. The van der Waals surface area contributed by atoms with Gasteiger partial charge in [0.05, 0.1) is 18.1 Å². The topological polar surface area (TPSA) is 50.1 Å². The molecule has 1 saturated carbocycles. The maximum absolute atomic E-state index is 11.7. The molecular weight excluding hydrogens is 298 g/mol. The van der Waals surface area contributed by atoms with Crippen LogP contribution in [-0.2, 0) is 10.2 Å². The lowest BCUT2D eigenvalue weighted by Gasteiger charge is -2.33. The standard InChI is InChI=1S/C21H23NO2/c1-3-12-24-20-18-7-5-4-6-16(18)13-15(2)19(20)21(14-22)10-8-17(23)9-11-21/h4-7,13H,3,8-12H2,1-2H3. The van der Waals surface area contributed by atoms with E-state index in [1.807, 2.05) is 12.1 Å². The van der Waals surface area contributed by atoms with E-state index in [4.69, 9.17) is 4.74 Å². The van der Waals surface area contributed by atoms with Gasteiger partial charge in [-0.3, -0.25) is 4.79 Å². The van der Waals surface area contributed by atoms with E-state index < -0.39 is 5.41 Å². The molecule has 2 aromatic carbocycles. The molecule has 3 heteroatoms. The number of carbonyl (C=O) groups excluding carboxylic acids is 1. The molecule has 0 radical (unpaired) electrons. The maximum atomic E-state index is 11.7. The van der Waals surface area contributed by atoms with Crippen LogP contribution in [0.5, 0.6) is 5.75 Å². The lowest BCUT2D eigenvalue weighted by molar-refractivity contribution is -0.121. The van der Waals surface area contributed by atoms with Gasteiger partial charge in [-0.05, 0) is 37.1 Å². The summed E-state index contributed by atoms with van der Waals surface area (Å²) < 4.78 is 6.15. The molecule has 0 N–H and O–H groups in total. The summed E-state index contributed by atoms with van der Waals surface area (Å²) in [6.45, 7) is 4.76. The van der Waals surface area contributed by atoms with Crippen molar-refractivity contribution in [2.24, 2.45) is 0 Å². The quantitative estimate of drug-likeness (QED) is 0.809. The minimum absolute atomic E-state index is 0.260. The molecule has 0 atom stereocenters. The van der Waals surface area contributed by atoms with E-state index in [1.165, 1.54) is 0 Å². The van der Waals surface area contributed by atoms with Gasteiger partial charge in [0, 0.05) is 23.8 Å². The molecule has 2 aromatic rings. The van der Waals surface area contributed by atoms with Crippen molar-refractivity contribution >= 4 is 16.6 Å². The molecular formula is C21H23NO2. The number of rotatable bonds is 4. The van der Waals surface area contributed by atoms with Crippen LogP contribution in [0.25, 0.3) is 10.8 Å². The highest BCUT2D eigenvalue weighted by molar-refractivity contribution is 5.91. The molecule has 3 rings (SSSR count). The molecule has 24 heavy (non-hydrogen) atoms. The van der Waals surface area contributed by atoms with E-state index in [9.17, 15) is 10.1 Å². The summed E-state index contributed by atoms with van der Waals surface area (Å²) in [7, 11) is 0. The number of nitriles is 1. The fourth-order valence-electron chi connectivity index (χ4n) is 3.77. The average molecular weight is 321 g/mol. The number of ether oxygens (including phenoxy) is 1. The van der Waals surface area contributed by atoms with Gasteiger partial charge in [-0.15, -0.1) is 0 Å². The van der Waals surface area contributed by atoms with Crippen LogP contribution in [0.4, 0.5) is 0 Å². The molecule has 0 aromatic heterocycles. The van der Waals surface area contributed by atoms with Crippen LogP contribution >= 0.6 is 0 Å². The summed E-state index contributed by atoms with van der Waals surface area (Å²) in [6.07, 6.45) is 3.05. The molecule has 0 amide bonds. The Bertz CT molecular complexity index is 806. The van der Waals surface area contributed by atoms with Gasteiger partial charge in [0.15, 0.2) is 0 Å². The van der Waals surface area contributed by atoms with Gasteiger partial charge in [0.1, 0.15) is 11.5 Å². The Morgan fingerprint density at radius 1 is 1.25 bits per heavy atom. The first-order valence-electron chi connectivity index (χ1n) is 8.70. The van der Waals surface area contributed by atoms with Crippen molar-refractivity contribution in [3.05, 3.63) is 41.5 Å². The normalized spacial score (nSPS) is 16.8. The molecule has 0 saturated heterocycles. The van der Waals surface area contributed by atoms with E-state index in [-0.39, 0.29) is 5.78 Å². The summed E-state index contributed by atoms with van der Waals surface area (Å²) in [5.41, 5.74) is 1.45. The van der Waals surface area contributed by atoms with Gasteiger partial charge in [-0.2, -0.15) is 5.26 Å². The lowest BCUT2D eigenvalue weighted by atomic mass is 9.68. The highest BCUT2D eigenvalue weighted by Crippen LogP contribution is 2.46. The second kappa shape index (κ2) is 6.65. The third-order valence-corrected chi connectivity index (χ3v) is 5.00. The van der Waals surface area contributed by atoms with Crippen LogP contribution < -0.4 is 4.74 Å². The van der Waals surface area contributed by atoms with Crippen LogP contribution in [-0.4, -0.2) is 12.4 Å². The van der Waals surface area contributed by atoms with E-state index in [1.54, 1.807) is 0 Å². The predicted molar refractivity (Wildman–Crippen MR) is 95.2 cm³/mol. The minimum atomic E-state index is -0.620. The lowest BCUT2D eigenvalue weighted by Crippen LogP contribution is -2.32. The largest absolute Gasteiger partial charge is 0.493 e. The first kappa shape index (κ1) is 16.5. The van der Waals surface area contributed by atoms with Crippen LogP contribution in [0.3, 0.4) is 0 Å². The second-order valence-electron chi connectivity index (χ2n) is 6.70. The molecule has 3 nitrogen and oxygen atoms in total. The summed E-state index contributed by atoms with van der Waals surface area (Å²) in [6, 6.07) is 12.8. The zero-order chi connectivity index (χ0) is 17.2. The number of aryl methyl sites for hydroxylation is 1. The highest BCUT2D eigenvalue weighted by atomic mass is 16.5. The molecule has 0 unspecified atom stereocenters. The zero-order valence-corrected chi connectivity index (χ0v) is 14.4. The number of nitrogens with zero attached hydrogens (tertiary/aromatic N) is 1. The third kappa shape index (κ3) is 2.78. The number of benzene rings is 2. The van der Waals surface area contributed by atoms with Crippen LogP contribution in [0.15, 0.2) is 30.3 Å². The highest BCUT2D eigenvalue weighted by Gasteiger charge is 2.40. The average Bonchev–Trinajstić information content (AvgIpc) is 2.60. The van der Waals surface area contributed by atoms with Crippen molar-refractivity contribution in [1.29, 1.82) is 5.26 Å². The fourth-order valence-corrected chi connectivity index (χ4v) is 3.77. The van der Waals surface area contributed by atoms with Gasteiger partial charge in [0.25, 0.3) is 0 Å². The van der Waals surface area contributed by atoms with Crippen LogP contribution in [0.2, 0.25) is 0 Å². The first-order chi connectivity index (χ1) is 11.6. The van der Waals surface area contributed by atoms with Gasteiger partial charge in [0.2, 0.25) is 0 Å². The molecule has 1 fully saturated rings. The van der Waals surface area contributed by atoms with Crippen molar-refractivity contribution in [3.63, 3.8) is 0 Å². The number of carbonyl (C=O) groups is 1.